The van der Waals surface area contributed by atoms with Crippen molar-refractivity contribution in [3.63, 3.8) is 0 Å². The summed E-state index contributed by atoms with van der Waals surface area (Å²) in [6.45, 7) is 2.96. The highest BCUT2D eigenvalue weighted by molar-refractivity contribution is 7.22. The minimum atomic E-state index is -0.747. The van der Waals surface area contributed by atoms with Crippen molar-refractivity contribution in [1.82, 2.24) is 4.98 Å². The topological polar surface area (TPSA) is 42.4 Å². The lowest BCUT2D eigenvalue weighted by atomic mass is 10.1. The number of fused-ring (bicyclic) bond motifs is 1. The van der Waals surface area contributed by atoms with Gasteiger partial charge < -0.3 is 4.74 Å². The Balaban J connectivity index is 1.66. The van der Waals surface area contributed by atoms with Crippen LogP contribution in [-0.2, 0) is 6.54 Å². The molecule has 0 aliphatic carbocycles. The fourth-order valence-electron chi connectivity index (χ4n) is 3.24. The predicted octanol–water partition coefficient (Wildman–Crippen LogP) is 6.60. The highest BCUT2D eigenvalue weighted by atomic mass is 32.1. The van der Waals surface area contributed by atoms with Crippen LogP contribution in [0.5, 0.6) is 5.75 Å². The van der Waals surface area contributed by atoms with Gasteiger partial charge in [-0.1, -0.05) is 55.0 Å². The van der Waals surface area contributed by atoms with Crippen molar-refractivity contribution in [3.05, 3.63) is 89.5 Å². The van der Waals surface area contributed by atoms with E-state index in [1.807, 2.05) is 30.3 Å². The first-order valence-electron chi connectivity index (χ1n) is 10.4. The predicted molar refractivity (Wildman–Crippen MR) is 123 cm³/mol. The number of unbranched alkanes of at least 4 members (excludes halogenated alkanes) is 1. The zero-order valence-electron chi connectivity index (χ0n) is 17.6. The maximum absolute atomic E-state index is 14.2. The lowest BCUT2D eigenvalue weighted by Crippen LogP contribution is -2.30. The van der Waals surface area contributed by atoms with Crippen molar-refractivity contribution in [2.45, 2.75) is 26.3 Å². The Morgan fingerprint density at radius 1 is 1.06 bits per heavy atom. The number of amides is 1. The standard InChI is InChI=1S/C25H22F2N2O2S/c1-2-3-13-31-20-11-9-18(10-12-20)24(30)29(16-17-7-5-4-6-8-17)25-28-23-21(27)14-19(26)15-22(23)32-25/h4-12,14-15H,2-3,13,16H2,1H3. The molecule has 1 aromatic heterocycles. The maximum Gasteiger partial charge on any atom is 0.260 e. The van der Waals surface area contributed by atoms with Gasteiger partial charge in [0.25, 0.3) is 5.91 Å². The highest BCUT2D eigenvalue weighted by Gasteiger charge is 2.23. The number of nitrogens with zero attached hydrogens (tertiary/aromatic N) is 2. The molecule has 1 amide bonds. The van der Waals surface area contributed by atoms with E-state index in [0.717, 1.165) is 35.8 Å². The SMILES string of the molecule is CCCCOc1ccc(C(=O)N(Cc2ccccc2)c2nc3c(F)cc(F)cc3s2)cc1. The van der Waals surface area contributed by atoms with Gasteiger partial charge in [-0.05, 0) is 42.3 Å². The molecule has 0 saturated carbocycles. The van der Waals surface area contributed by atoms with Crippen molar-refractivity contribution in [1.29, 1.82) is 0 Å². The Bertz CT molecular complexity index is 1210. The Kier molecular flexibility index (Phi) is 6.75. The Hall–Kier alpha value is -3.32. The molecule has 0 atom stereocenters. The fraction of sp³-hybridized carbons (Fsp3) is 0.200. The van der Waals surface area contributed by atoms with E-state index in [1.54, 1.807) is 24.3 Å². The van der Waals surface area contributed by atoms with Gasteiger partial charge in [0.2, 0.25) is 0 Å². The van der Waals surface area contributed by atoms with E-state index in [1.165, 1.54) is 11.0 Å². The number of ether oxygens (including phenoxy) is 1. The third kappa shape index (κ3) is 4.94. The van der Waals surface area contributed by atoms with Crippen molar-refractivity contribution >= 4 is 32.6 Å². The van der Waals surface area contributed by atoms with E-state index in [-0.39, 0.29) is 18.0 Å². The highest BCUT2D eigenvalue weighted by Crippen LogP contribution is 2.33. The largest absolute Gasteiger partial charge is 0.494 e. The van der Waals surface area contributed by atoms with E-state index in [0.29, 0.717) is 27.8 Å². The second-order valence-corrected chi connectivity index (χ2v) is 8.34. The number of aromatic nitrogens is 1. The van der Waals surface area contributed by atoms with E-state index in [2.05, 4.69) is 11.9 Å². The molecule has 0 radical (unpaired) electrons. The van der Waals surface area contributed by atoms with Gasteiger partial charge in [0.05, 0.1) is 17.9 Å². The van der Waals surface area contributed by atoms with E-state index < -0.39 is 11.6 Å². The van der Waals surface area contributed by atoms with Gasteiger partial charge in [0, 0.05) is 11.6 Å². The van der Waals surface area contributed by atoms with Gasteiger partial charge in [0.15, 0.2) is 10.9 Å². The summed E-state index contributed by atoms with van der Waals surface area (Å²) in [4.78, 5) is 19.2. The lowest BCUT2D eigenvalue weighted by Gasteiger charge is -2.20. The van der Waals surface area contributed by atoms with Gasteiger partial charge in [-0.3, -0.25) is 9.69 Å². The Morgan fingerprint density at radius 3 is 2.53 bits per heavy atom. The summed E-state index contributed by atoms with van der Waals surface area (Å²) in [7, 11) is 0. The molecule has 7 heteroatoms. The van der Waals surface area contributed by atoms with Gasteiger partial charge in [0.1, 0.15) is 17.1 Å². The molecule has 1 heterocycles. The number of benzene rings is 3. The van der Waals surface area contributed by atoms with Crippen LogP contribution in [-0.4, -0.2) is 17.5 Å². The molecular weight excluding hydrogens is 430 g/mol. The van der Waals surface area contributed by atoms with E-state index in [4.69, 9.17) is 4.74 Å². The van der Waals surface area contributed by atoms with E-state index >= 15 is 0 Å². The number of hydrogen-bond donors (Lipinski definition) is 0. The summed E-state index contributed by atoms with van der Waals surface area (Å²) in [6.07, 6.45) is 2.00. The van der Waals surface area contributed by atoms with Gasteiger partial charge >= 0.3 is 0 Å². The van der Waals surface area contributed by atoms with Crippen LogP contribution < -0.4 is 9.64 Å². The molecule has 4 aromatic rings. The van der Waals surface area contributed by atoms with Crippen molar-refractivity contribution < 1.29 is 18.3 Å². The lowest BCUT2D eigenvalue weighted by molar-refractivity contribution is 0.0985. The minimum Gasteiger partial charge on any atom is -0.494 e. The monoisotopic (exact) mass is 452 g/mol. The van der Waals surface area contributed by atoms with Crippen LogP contribution >= 0.6 is 11.3 Å². The summed E-state index contributed by atoms with van der Waals surface area (Å²) in [6, 6.07) is 18.4. The molecule has 32 heavy (non-hydrogen) atoms. The maximum atomic E-state index is 14.2. The molecule has 4 rings (SSSR count). The van der Waals surface area contributed by atoms with Crippen LogP contribution in [0.3, 0.4) is 0 Å². The Labute approximate surface area is 189 Å². The third-order valence-corrected chi connectivity index (χ3v) is 5.95. The van der Waals surface area contributed by atoms with Crippen LogP contribution in [0.2, 0.25) is 0 Å². The van der Waals surface area contributed by atoms with Crippen molar-refractivity contribution in [2.24, 2.45) is 0 Å². The molecule has 164 valence electrons. The first-order valence-corrected chi connectivity index (χ1v) is 11.2. The van der Waals surface area contributed by atoms with Gasteiger partial charge in [-0.15, -0.1) is 0 Å². The molecule has 0 fully saturated rings. The number of halogens is 2. The third-order valence-electron chi connectivity index (χ3n) is 4.93. The van der Waals surface area contributed by atoms with Gasteiger partial charge in [-0.2, -0.15) is 0 Å². The molecule has 0 N–H and O–H groups in total. The van der Waals surface area contributed by atoms with Crippen LogP contribution in [0.15, 0.2) is 66.7 Å². The molecule has 4 nitrogen and oxygen atoms in total. The fourth-order valence-corrected chi connectivity index (χ4v) is 4.24. The van der Waals surface area contributed by atoms with Crippen LogP contribution in [0.4, 0.5) is 13.9 Å². The zero-order chi connectivity index (χ0) is 22.5. The summed E-state index contributed by atoms with van der Waals surface area (Å²) in [5.74, 6) is -1.01. The van der Waals surface area contributed by atoms with E-state index in [9.17, 15) is 13.6 Å². The quantitative estimate of drug-likeness (QED) is 0.283. The average molecular weight is 453 g/mol. The van der Waals surface area contributed by atoms with Crippen molar-refractivity contribution in [2.75, 3.05) is 11.5 Å². The molecular formula is C25H22F2N2O2S. The number of carbonyl (C=O) groups is 1. The summed E-state index contributed by atoms with van der Waals surface area (Å²) in [5, 5.41) is 0.307. The molecule has 0 saturated heterocycles. The summed E-state index contributed by atoms with van der Waals surface area (Å²) >= 11 is 1.08. The average Bonchev–Trinajstić information content (AvgIpc) is 3.22. The second-order valence-electron chi connectivity index (χ2n) is 7.33. The molecule has 0 spiro atoms. The minimum absolute atomic E-state index is 0.0527. The summed E-state index contributed by atoms with van der Waals surface area (Å²) < 4.78 is 33.9. The summed E-state index contributed by atoms with van der Waals surface area (Å²) in [5.41, 5.74) is 1.40. The molecule has 3 aromatic carbocycles. The molecule has 0 unspecified atom stereocenters. The van der Waals surface area contributed by atoms with Crippen LogP contribution in [0.25, 0.3) is 10.2 Å². The first kappa shape index (κ1) is 21.9. The molecule has 0 aliphatic rings. The van der Waals surface area contributed by atoms with Gasteiger partial charge in [-0.25, -0.2) is 13.8 Å². The number of anilines is 1. The second kappa shape index (κ2) is 9.87. The first-order chi connectivity index (χ1) is 15.5. The van der Waals surface area contributed by atoms with Crippen LogP contribution in [0.1, 0.15) is 35.7 Å². The molecule has 0 bridgehead atoms. The number of rotatable bonds is 8. The number of carbonyl (C=O) groups excluding carboxylic acids is 1. The smallest absolute Gasteiger partial charge is 0.260 e. The number of hydrogen-bond acceptors (Lipinski definition) is 4. The van der Waals surface area contributed by atoms with Crippen LogP contribution in [0, 0.1) is 11.6 Å². The number of thiazole rings is 1. The molecule has 0 aliphatic heterocycles. The Morgan fingerprint density at radius 2 is 1.81 bits per heavy atom. The van der Waals surface area contributed by atoms with Crippen molar-refractivity contribution in [3.8, 4) is 5.75 Å². The zero-order valence-corrected chi connectivity index (χ0v) is 18.4. The normalized spacial score (nSPS) is 11.0.